The number of aromatic nitrogens is 3. The summed E-state index contributed by atoms with van der Waals surface area (Å²) in [5, 5.41) is 8.94. The van der Waals surface area contributed by atoms with E-state index in [1.54, 1.807) is 7.11 Å². The highest BCUT2D eigenvalue weighted by molar-refractivity contribution is 6.45. The number of nitrogens with one attached hydrogen (secondary N) is 1. The van der Waals surface area contributed by atoms with Gasteiger partial charge in [0.05, 0.1) is 41.9 Å². The highest BCUT2D eigenvalue weighted by Gasteiger charge is 2.18. The number of H-pyrrole nitrogens is 1. The lowest BCUT2D eigenvalue weighted by molar-refractivity contribution is -0.141. The zero-order chi connectivity index (χ0) is 21.5. The van der Waals surface area contributed by atoms with E-state index in [1.807, 2.05) is 24.5 Å². The molecule has 2 aromatic heterocycles. The Kier molecular flexibility index (Phi) is 7.90. The molecule has 7 nitrogen and oxygen atoms in total. The Hall–Kier alpha value is -2.35. The summed E-state index contributed by atoms with van der Waals surface area (Å²) in [6.07, 6.45) is 6.43. The molecule has 1 saturated heterocycles. The van der Waals surface area contributed by atoms with Gasteiger partial charge >= 0.3 is 5.97 Å². The number of esters is 1. The number of methoxy groups -OCH3 is 2. The third kappa shape index (κ3) is 5.22. The third-order valence-corrected chi connectivity index (χ3v) is 5.63. The van der Waals surface area contributed by atoms with Crippen LogP contribution >= 0.6 is 23.2 Å². The second kappa shape index (κ2) is 10.6. The van der Waals surface area contributed by atoms with Gasteiger partial charge in [-0.25, -0.2) is 4.98 Å². The van der Waals surface area contributed by atoms with Gasteiger partial charge in [0.15, 0.2) is 0 Å². The molecule has 3 heterocycles. The number of fused-ring (bicyclic) bond motifs is 1. The molecule has 0 bridgehead atoms. The van der Waals surface area contributed by atoms with Gasteiger partial charge in [-0.2, -0.15) is 5.10 Å². The Morgan fingerprint density at radius 2 is 2.00 bits per heavy atom. The van der Waals surface area contributed by atoms with Crippen LogP contribution in [0, 0.1) is 0 Å². The minimum Gasteiger partial charge on any atom is -0.469 e. The lowest BCUT2D eigenvalue weighted by Gasteiger charge is -2.19. The standard InChI is InChI=1S/C16H14Cl2N4.C5H10O3/c17-13-4-3-11-12(10-8-19-20-9-10)7-14(21-16(11)15(13)18)22-5-1-2-6-22;1-7-4-3-5(6)8-2/h3-4,7-9H,1-2,5-6H2,(H,19,20);3-4H2,1-2H3. The van der Waals surface area contributed by atoms with Gasteiger partial charge in [-0.3, -0.25) is 9.89 Å². The summed E-state index contributed by atoms with van der Waals surface area (Å²) in [5.74, 6) is 0.720. The number of aromatic amines is 1. The molecular weight excluding hydrogens is 427 g/mol. The number of carbonyl (C=O) groups excluding carboxylic acids is 1. The normalized spacial score (nSPS) is 13.3. The molecular formula is C21H24Cl2N4O3. The second-order valence-corrected chi connectivity index (χ2v) is 7.57. The van der Waals surface area contributed by atoms with E-state index >= 15 is 0 Å². The van der Waals surface area contributed by atoms with Crippen molar-refractivity contribution >= 4 is 45.9 Å². The fraction of sp³-hybridized carbons (Fsp3) is 0.381. The molecule has 1 fully saturated rings. The minimum absolute atomic E-state index is 0.230. The van der Waals surface area contributed by atoms with E-state index in [1.165, 1.54) is 20.0 Å². The Balaban J connectivity index is 0.000000275. The summed E-state index contributed by atoms with van der Waals surface area (Å²) in [6.45, 7) is 2.50. The summed E-state index contributed by atoms with van der Waals surface area (Å²) in [7, 11) is 2.90. The molecule has 0 unspecified atom stereocenters. The van der Waals surface area contributed by atoms with Crippen LogP contribution in [0.2, 0.25) is 10.0 Å². The molecule has 9 heteroatoms. The van der Waals surface area contributed by atoms with Crippen LogP contribution in [0.1, 0.15) is 19.3 Å². The third-order valence-electron chi connectivity index (χ3n) is 4.84. The Morgan fingerprint density at radius 1 is 1.23 bits per heavy atom. The number of halogens is 2. The van der Waals surface area contributed by atoms with Crippen LogP contribution in [0.3, 0.4) is 0 Å². The molecule has 1 N–H and O–H groups in total. The topological polar surface area (TPSA) is 80.3 Å². The van der Waals surface area contributed by atoms with E-state index in [9.17, 15) is 4.79 Å². The van der Waals surface area contributed by atoms with E-state index in [4.69, 9.17) is 28.2 Å². The molecule has 30 heavy (non-hydrogen) atoms. The van der Waals surface area contributed by atoms with Crippen LogP contribution in [0.25, 0.3) is 22.0 Å². The zero-order valence-electron chi connectivity index (χ0n) is 17.0. The van der Waals surface area contributed by atoms with Crippen LogP contribution in [-0.4, -0.2) is 55.1 Å². The van der Waals surface area contributed by atoms with Crippen LogP contribution in [0.5, 0.6) is 0 Å². The van der Waals surface area contributed by atoms with E-state index in [0.717, 1.165) is 40.9 Å². The van der Waals surface area contributed by atoms with E-state index < -0.39 is 0 Å². The first-order valence-corrected chi connectivity index (χ1v) is 10.4. The maximum absolute atomic E-state index is 10.3. The predicted octanol–water partition coefficient (Wildman–Crippen LogP) is 4.73. The lowest BCUT2D eigenvalue weighted by atomic mass is 10.0. The van der Waals surface area contributed by atoms with Crippen molar-refractivity contribution < 1.29 is 14.3 Å². The molecule has 0 aliphatic carbocycles. The summed E-state index contributed by atoms with van der Waals surface area (Å²) in [4.78, 5) is 17.3. The van der Waals surface area contributed by atoms with Gasteiger partial charge in [-0.1, -0.05) is 29.3 Å². The smallest absolute Gasteiger partial charge is 0.307 e. The molecule has 0 radical (unpaired) electrons. The fourth-order valence-electron chi connectivity index (χ4n) is 3.25. The van der Waals surface area contributed by atoms with E-state index in [2.05, 4.69) is 30.6 Å². The molecule has 0 spiro atoms. The first kappa shape index (κ1) is 22.3. The molecule has 3 aromatic rings. The minimum atomic E-state index is -0.230. The largest absolute Gasteiger partial charge is 0.469 e. The van der Waals surface area contributed by atoms with Crippen molar-refractivity contribution in [2.24, 2.45) is 0 Å². The highest BCUT2D eigenvalue weighted by atomic mass is 35.5. The molecule has 160 valence electrons. The average molecular weight is 451 g/mol. The van der Waals surface area contributed by atoms with E-state index in [0.29, 0.717) is 23.1 Å². The summed E-state index contributed by atoms with van der Waals surface area (Å²) in [6, 6.07) is 5.89. The second-order valence-electron chi connectivity index (χ2n) is 6.79. The SMILES string of the molecule is COCCC(=O)OC.Clc1ccc2c(-c3cn[nH]c3)cc(N3CCCC3)nc2c1Cl. The molecule has 0 atom stereocenters. The highest BCUT2D eigenvalue weighted by Crippen LogP contribution is 2.37. The average Bonchev–Trinajstić information content (AvgIpc) is 3.49. The number of hydrogen-bond acceptors (Lipinski definition) is 6. The number of nitrogens with zero attached hydrogens (tertiary/aromatic N) is 3. The quantitative estimate of drug-likeness (QED) is 0.565. The van der Waals surface area contributed by atoms with Gasteiger partial charge < -0.3 is 14.4 Å². The fourth-order valence-corrected chi connectivity index (χ4v) is 3.61. The molecule has 1 aliphatic rings. The van der Waals surface area contributed by atoms with Crippen LogP contribution in [0.15, 0.2) is 30.6 Å². The van der Waals surface area contributed by atoms with Crippen LogP contribution in [0.4, 0.5) is 5.82 Å². The van der Waals surface area contributed by atoms with Crippen molar-refractivity contribution in [1.82, 2.24) is 15.2 Å². The molecule has 4 rings (SSSR count). The van der Waals surface area contributed by atoms with Gasteiger partial charge in [-0.15, -0.1) is 0 Å². The van der Waals surface area contributed by atoms with Gasteiger partial charge in [-0.05, 0) is 30.5 Å². The molecule has 0 saturated carbocycles. The number of carbonyl (C=O) groups is 1. The van der Waals surface area contributed by atoms with Crippen LogP contribution in [-0.2, 0) is 14.3 Å². The van der Waals surface area contributed by atoms with Crippen molar-refractivity contribution in [3.8, 4) is 11.1 Å². The van der Waals surface area contributed by atoms with Gasteiger partial charge in [0, 0.05) is 37.3 Å². The predicted molar refractivity (Wildman–Crippen MR) is 119 cm³/mol. The number of ether oxygens (including phenoxy) is 2. The number of hydrogen-bond donors (Lipinski definition) is 1. The van der Waals surface area contributed by atoms with Crippen molar-refractivity contribution in [3.05, 3.63) is 40.6 Å². The maximum atomic E-state index is 10.3. The van der Waals surface area contributed by atoms with Gasteiger partial charge in [0.1, 0.15) is 5.82 Å². The summed E-state index contributed by atoms with van der Waals surface area (Å²) in [5.41, 5.74) is 2.83. The van der Waals surface area contributed by atoms with Gasteiger partial charge in [0.25, 0.3) is 0 Å². The maximum Gasteiger partial charge on any atom is 0.307 e. The Labute approximate surface area is 185 Å². The van der Waals surface area contributed by atoms with Crippen molar-refractivity contribution in [1.29, 1.82) is 0 Å². The zero-order valence-corrected chi connectivity index (χ0v) is 18.5. The number of pyridine rings is 1. The molecule has 0 amide bonds. The van der Waals surface area contributed by atoms with Gasteiger partial charge in [0.2, 0.25) is 0 Å². The lowest BCUT2D eigenvalue weighted by Crippen LogP contribution is -2.19. The monoisotopic (exact) mass is 450 g/mol. The number of anilines is 1. The summed E-state index contributed by atoms with van der Waals surface area (Å²) >= 11 is 12.6. The summed E-state index contributed by atoms with van der Waals surface area (Å²) < 4.78 is 8.95. The number of rotatable bonds is 5. The Bertz CT molecular complexity index is 990. The molecule has 1 aromatic carbocycles. The number of benzene rings is 1. The van der Waals surface area contributed by atoms with Crippen molar-refractivity contribution in [2.75, 3.05) is 38.8 Å². The first-order valence-electron chi connectivity index (χ1n) is 9.63. The molecule has 1 aliphatic heterocycles. The van der Waals surface area contributed by atoms with Crippen molar-refractivity contribution in [3.63, 3.8) is 0 Å². The van der Waals surface area contributed by atoms with E-state index in [-0.39, 0.29) is 5.97 Å². The van der Waals surface area contributed by atoms with Crippen LogP contribution < -0.4 is 4.90 Å². The first-order chi connectivity index (χ1) is 14.5. The van der Waals surface area contributed by atoms with Crippen molar-refractivity contribution in [2.45, 2.75) is 19.3 Å². The Morgan fingerprint density at radius 3 is 2.63 bits per heavy atom.